The number of hydrogen-bond acceptors (Lipinski definition) is 4. The Labute approximate surface area is 127 Å². The van der Waals surface area contributed by atoms with E-state index >= 15 is 0 Å². The van der Waals surface area contributed by atoms with Gasteiger partial charge in [-0.3, -0.25) is 4.79 Å². The van der Waals surface area contributed by atoms with Crippen LogP contribution in [0.2, 0.25) is 0 Å². The van der Waals surface area contributed by atoms with Crippen molar-refractivity contribution >= 4 is 5.91 Å². The van der Waals surface area contributed by atoms with Crippen LogP contribution in [0.25, 0.3) is 0 Å². The van der Waals surface area contributed by atoms with Gasteiger partial charge in [0.15, 0.2) is 0 Å². The Morgan fingerprint density at radius 2 is 1.95 bits per heavy atom. The summed E-state index contributed by atoms with van der Waals surface area (Å²) in [6.07, 6.45) is 0.921. The predicted octanol–water partition coefficient (Wildman–Crippen LogP) is 2.10. The minimum Gasteiger partial charge on any atom is -0.497 e. The number of hydrogen-bond donors (Lipinski definition) is 2. The van der Waals surface area contributed by atoms with E-state index in [2.05, 4.69) is 10.6 Å². The van der Waals surface area contributed by atoms with E-state index < -0.39 is 0 Å². The third kappa shape index (κ3) is 5.27. The van der Waals surface area contributed by atoms with Crippen molar-refractivity contribution in [2.75, 3.05) is 14.2 Å². The van der Waals surface area contributed by atoms with E-state index in [-0.39, 0.29) is 18.0 Å². The van der Waals surface area contributed by atoms with Crippen molar-refractivity contribution in [2.45, 2.75) is 45.8 Å². The molecule has 5 nitrogen and oxygen atoms in total. The molecule has 1 aromatic rings. The summed E-state index contributed by atoms with van der Waals surface area (Å²) in [7, 11) is 3.24. The molecule has 118 valence electrons. The summed E-state index contributed by atoms with van der Waals surface area (Å²) in [5.41, 5.74) is 0.987. The summed E-state index contributed by atoms with van der Waals surface area (Å²) >= 11 is 0. The van der Waals surface area contributed by atoms with Crippen LogP contribution in [0.15, 0.2) is 18.2 Å². The molecular formula is C16H26N2O3. The zero-order valence-corrected chi connectivity index (χ0v) is 13.5. The lowest BCUT2D eigenvalue weighted by Crippen LogP contribution is -2.45. The van der Waals surface area contributed by atoms with Gasteiger partial charge in [0, 0.05) is 24.2 Å². The molecule has 0 bridgehead atoms. The van der Waals surface area contributed by atoms with E-state index in [1.165, 1.54) is 0 Å². The Morgan fingerprint density at radius 3 is 2.52 bits per heavy atom. The summed E-state index contributed by atoms with van der Waals surface area (Å²) in [6, 6.07) is 5.58. The Balaban J connectivity index is 2.60. The molecule has 0 aliphatic heterocycles. The van der Waals surface area contributed by atoms with Crippen LogP contribution < -0.4 is 20.1 Å². The normalized spacial score (nSPS) is 13.4. The number of carbonyl (C=O) groups is 1. The van der Waals surface area contributed by atoms with Gasteiger partial charge >= 0.3 is 0 Å². The van der Waals surface area contributed by atoms with E-state index in [4.69, 9.17) is 9.47 Å². The number of benzene rings is 1. The molecule has 0 aliphatic carbocycles. The van der Waals surface area contributed by atoms with Crippen LogP contribution >= 0.6 is 0 Å². The minimum atomic E-state index is -0.259. The standard InChI is InChI=1S/C16H26N2O3/c1-6-11(2)18-16(19)12(3)17-10-13-7-8-14(20-4)9-15(13)21-5/h7-9,11-12,17H,6,10H2,1-5H3,(H,18,19). The zero-order valence-electron chi connectivity index (χ0n) is 13.5. The summed E-state index contributed by atoms with van der Waals surface area (Å²) < 4.78 is 10.5. The topological polar surface area (TPSA) is 59.6 Å². The van der Waals surface area contributed by atoms with Crippen molar-refractivity contribution < 1.29 is 14.3 Å². The average Bonchev–Trinajstić information content (AvgIpc) is 2.51. The van der Waals surface area contributed by atoms with Gasteiger partial charge in [0.1, 0.15) is 11.5 Å². The van der Waals surface area contributed by atoms with Crippen molar-refractivity contribution in [3.63, 3.8) is 0 Å². The van der Waals surface area contributed by atoms with Gasteiger partial charge in [0.2, 0.25) is 5.91 Å². The van der Waals surface area contributed by atoms with Crippen LogP contribution in [0.1, 0.15) is 32.8 Å². The molecule has 0 saturated heterocycles. The predicted molar refractivity (Wildman–Crippen MR) is 83.7 cm³/mol. The molecule has 21 heavy (non-hydrogen) atoms. The van der Waals surface area contributed by atoms with E-state index in [1.807, 2.05) is 39.0 Å². The van der Waals surface area contributed by atoms with Gasteiger partial charge in [-0.1, -0.05) is 13.0 Å². The van der Waals surface area contributed by atoms with Crippen LogP contribution in [0.5, 0.6) is 11.5 Å². The lowest BCUT2D eigenvalue weighted by Gasteiger charge is -2.18. The van der Waals surface area contributed by atoms with Gasteiger partial charge in [0.25, 0.3) is 0 Å². The molecule has 2 unspecified atom stereocenters. The number of nitrogens with one attached hydrogen (secondary N) is 2. The van der Waals surface area contributed by atoms with Crippen molar-refractivity contribution in [2.24, 2.45) is 0 Å². The minimum absolute atomic E-state index is 0.0110. The van der Waals surface area contributed by atoms with Crippen molar-refractivity contribution in [3.8, 4) is 11.5 Å². The SMILES string of the molecule is CCC(C)NC(=O)C(C)NCc1ccc(OC)cc1OC. The fourth-order valence-corrected chi connectivity index (χ4v) is 1.82. The van der Waals surface area contributed by atoms with Crippen LogP contribution in [-0.2, 0) is 11.3 Å². The Hall–Kier alpha value is -1.75. The lowest BCUT2D eigenvalue weighted by molar-refractivity contribution is -0.123. The molecule has 0 aliphatic rings. The fraction of sp³-hybridized carbons (Fsp3) is 0.562. The maximum atomic E-state index is 12.0. The fourth-order valence-electron chi connectivity index (χ4n) is 1.82. The van der Waals surface area contributed by atoms with Gasteiger partial charge in [-0.05, 0) is 26.3 Å². The first-order valence-corrected chi connectivity index (χ1v) is 7.26. The third-order valence-corrected chi connectivity index (χ3v) is 3.49. The van der Waals surface area contributed by atoms with Crippen molar-refractivity contribution in [3.05, 3.63) is 23.8 Å². The summed E-state index contributed by atoms with van der Waals surface area (Å²) in [4.78, 5) is 12.0. The quantitative estimate of drug-likeness (QED) is 0.771. The zero-order chi connectivity index (χ0) is 15.8. The molecule has 1 aromatic carbocycles. The monoisotopic (exact) mass is 294 g/mol. The molecular weight excluding hydrogens is 268 g/mol. The lowest BCUT2D eigenvalue weighted by atomic mass is 10.1. The van der Waals surface area contributed by atoms with Crippen LogP contribution in [0.4, 0.5) is 0 Å². The molecule has 0 spiro atoms. The van der Waals surface area contributed by atoms with Crippen LogP contribution in [0.3, 0.4) is 0 Å². The molecule has 0 aromatic heterocycles. The van der Waals surface area contributed by atoms with E-state index in [9.17, 15) is 4.79 Å². The third-order valence-electron chi connectivity index (χ3n) is 3.49. The summed E-state index contributed by atoms with van der Waals surface area (Å²) in [5.74, 6) is 1.51. The summed E-state index contributed by atoms with van der Waals surface area (Å²) in [5, 5.41) is 6.17. The molecule has 1 rings (SSSR count). The average molecular weight is 294 g/mol. The number of amides is 1. The number of rotatable bonds is 8. The molecule has 0 saturated carbocycles. The highest BCUT2D eigenvalue weighted by Crippen LogP contribution is 2.24. The number of ether oxygens (including phenoxy) is 2. The Bertz CT molecular complexity index is 463. The first kappa shape index (κ1) is 17.3. The molecule has 5 heteroatoms. The number of carbonyl (C=O) groups excluding carboxylic acids is 1. The largest absolute Gasteiger partial charge is 0.497 e. The molecule has 0 fully saturated rings. The molecule has 0 radical (unpaired) electrons. The highest BCUT2D eigenvalue weighted by atomic mass is 16.5. The van der Waals surface area contributed by atoms with Crippen molar-refractivity contribution in [1.82, 2.24) is 10.6 Å². The second-order valence-electron chi connectivity index (χ2n) is 5.10. The van der Waals surface area contributed by atoms with Gasteiger partial charge in [-0.15, -0.1) is 0 Å². The first-order valence-electron chi connectivity index (χ1n) is 7.26. The van der Waals surface area contributed by atoms with Crippen LogP contribution in [0, 0.1) is 0 Å². The van der Waals surface area contributed by atoms with Crippen LogP contribution in [-0.4, -0.2) is 32.2 Å². The molecule has 2 atom stereocenters. The maximum absolute atomic E-state index is 12.0. The van der Waals surface area contributed by atoms with Crippen molar-refractivity contribution in [1.29, 1.82) is 0 Å². The molecule has 0 heterocycles. The number of methoxy groups -OCH3 is 2. The maximum Gasteiger partial charge on any atom is 0.237 e. The van der Waals surface area contributed by atoms with Gasteiger partial charge in [-0.25, -0.2) is 0 Å². The van der Waals surface area contributed by atoms with Gasteiger partial charge in [0.05, 0.1) is 20.3 Å². The van der Waals surface area contributed by atoms with Gasteiger partial charge in [-0.2, -0.15) is 0 Å². The Kier molecular flexibility index (Phi) is 7.02. The Morgan fingerprint density at radius 1 is 1.24 bits per heavy atom. The highest BCUT2D eigenvalue weighted by Gasteiger charge is 2.14. The van der Waals surface area contributed by atoms with E-state index in [0.717, 1.165) is 23.5 Å². The highest BCUT2D eigenvalue weighted by molar-refractivity contribution is 5.81. The smallest absolute Gasteiger partial charge is 0.237 e. The van der Waals surface area contributed by atoms with E-state index in [1.54, 1.807) is 14.2 Å². The molecule has 2 N–H and O–H groups in total. The van der Waals surface area contributed by atoms with Gasteiger partial charge < -0.3 is 20.1 Å². The second kappa shape index (κ2) is 8.52. The molecule has 1 amide bonds. The summed E-state index contributed by atoms with van der Waals surface area (Å²) in [6.45, 7) is 6.46. The second-order valence-corrected chi connectivity index (χ2v) is 5.10. The first-order chi connectivity index (χ1) is 10.0. The van der Waals surface area contributed by atoms with E-state index in [0.29, 0.717) is 6.54 Å².